The number of carbonyl (C=O) groups excluding carboxylic acids is 3. The topological polar surface area (TPSA) is 82.1 Å². The fourth-order valence-corrected chi connectivity index (χ4v) is 5.68. The van der Waals surface area contributed by atoms with E-state index in [9.17, 15) is 14.4 Å². The molecule has 0 aliphatic heterocycles. The summed E-state index contributed by atoms with van der Waals surface area (Å²) >= 11 is 0. The van der Waals surface area contributed by atoms with Gasteiger partial charge >= 0.3 is 17.9 Å². The minimum Gasteiger partial charge on any atom is -0.462 e. The maximum atomic E-state index is 12.6. The van der Waals surface area contributed by atoms with Crippen molar-refractivity contribution in [1.82, 2.24) is 4.90 Å². The molecule has 49 heavy (non-hydrogen) atoms. The van der Waals surface area contributed by atoms with Crippen LogP contribution >= 0.6 is 0 Å². The molecule has 0 unspecified atom stereocenters. The summed E-state index contributed by atoms with van der Waals surface area (Å²) in [5.41, 5.74) is 0. The molecule has 286 valence electrons. The van der Waals surface area contributed by atoms with Gasteiger partial charge < -0.3 is 19.1 Å². The average molecular weight is 692 g/mol. The van der Waals surface area contributed by atoms with E-state index in [1.807, 2.05) is 12.2 Å². The lowest BCUT2D eigenvalue weighted by atomic mass is 10.0. The van der Waals surface area contributed by atoms with E-state index in [2.05, 4.69) is 44.9 Å². The highest BCUT2D eigenvalue weighted by atomic mass is 16.5. The average Bonchev–Trinajstić information content (AvgIpc) is 3.09. The minimum absolute atomic E-state index is 0.0271. The van der Waals surface area contributed by atoms with Gasteiger partial charge in [-0.25, -0.2) is 0 Å². The smallest absolute Gasteiger partial charge is 0.306 e. The number of esters is 3. The quantitative estimate of drug-likeness (QED) is 0.0280. The molecule has 0 fully saturated rings. The van der Waals surface area contributed by atoms with E-state index in [1.165, 1.54) is 51.4 Å². The lowest BCUT2D eigenvalue weighted by molar-refractivity contribution is -0.150. The maximum Gasteiger partial charge on any atom is 0.306 e. The summed E-state index contributed by atoms with van der Waals surface area (Å²) in [7, 11) is 2.07. The SMILES string of the molecule is CCCCCCC=CCOC(=O)CCCCCCCC(CCCCCCCC(=O)OCC=CCCCCCC)OC(=O)CCCN(C)CC. The van der Waals surface area contributed by atoms with Crippen LogP contribution in [-0.2, 0) is 28.6 Å². The van der Waals surface area contributed by atoms with Crippen molar-refractivity contribution >= 4 is 17.9 Å². The summed E-state index contributed by atoms with van der Waals surface area (Å²) in [6.07, 6.45) is 34.4. The highest BCUT2D eigenvalue weighted by Crippen LogP contribution is 2.18. The van der Waals surface area contributed by atoms with Crippen molar-refractivity contribution in [3.05, 3.63) is 24.3 Å². The van der Waals surface area contributed by atoms with Crippen molar-refractivity contribution in [2.45, 2.75) is 194 Å². The number of hydrogen-bond donors (Lipinski definition) is 0. The molecule has 0 aromatic rings. The van der Waals surface area contributed by atoms with Gasteiger partial charge in [0.25, 0.3) is 0 Å². The van der Waals surface area contributed by atoms with Crippen LogP contribution in [0.2, 0.25) is 0 Å². The van der Waals surface area contributed by atoms with Crippen LogP contribution < -0.4 is 0 Å². The Labute approximate surface area is 302 Å². The molecule has 0 bridgehead atoms. The van der Waals surface area contributed by atoms with Crippen molar-refractivity contribution < 1.29 is 28.6 Å². The number of nitrogens with zero attached hydrogens (tertiary/aromatic N) is 1. The summed E-state index contributed by atoms with van der Waals surface area (Å²) < 4.78 is 16.6. The molecular weight excluding hydrogens is 614 g/mol. The van der Waals surface area contributed by atoms with Gasteiger partial charge in [-0.15, -0.1) is 0 Å². The Hall–Kier alpha value is -2.15. The maximum absolute atomic E-state index is 12.6. The zero-order chi connectivity index (χ0) is 36.0. The van der Waals surface area contributed by atoms with Crippen LogP contribution in [0.3, 0.4) is 0 Å². The van der Waals surface area contributed by atoms with E-state index >= 15 is 0 Å². The molecule has 0 aromatic carbocycles. The van der Waals surface area contributed by atoms with Crippen molar-refractivity contribution in [3.63, 3.8) is 0 Å². The van der Waals surface area contributed by atoms with Crippen LogP contribution in [0.1, 0.15) is 188 Å². The number of unbranched alkanes of at least 4 members (excludes halogenated alkanes) is 16. The molecule has 7 nitrogen and oxygen atoms in total. The van der Waals surface area contributed by atoms with Crippen molar-refractivity contribution in [2.75, 3.05) is 33.4 Å². The van der Waals surface area contributed by atoms with Gasteiger partial charge in [0.15, 0.2) is 0 Å². The van der Waals surface area contributed by atoms with Crippen molar-refractivity contribution in [2.24, 2.45) is 0 Å². The second-order valence-electron chi connectivity index (χ2n) is 13.7. The summed E-state index contributed by atoms with van der Waals surface area (Å²) in [6, 6.07) is 0. The van der Waals surface area contributed by atoms with E-state index < -0.39 is 0 Å². The number of rotatable bonds is 36. The fraction of sp³-hybridized carbons (Fsp3) is 0.833. The van der Waals surface area contributed by atoms with Crippen molar-refractivity contribution in [1.29, 1.82) is 0 Å². The first kappa shape index (κ1) is 46.9. The number of hydrogen-bond acceptors (Lipinski definition) is 7. The lowest BCUT2D eigenvalue weighted by Crippen LogP contribution is -2.22. The largest absolute Gasteiger partial charge is 0.462 e. The fourth-order valence-electron chi connectivity index (χ4n) is 5.68. The Kier molecular flexibility index (Phi) is 35.5. The van der Waals surface area contributed by atoms with E-state index in [1.54, 1.807) is 0 Å². The first-order chi connectivity index (χ1) is 23.9. The van der Waals surface area contributed by atoms with E-state index in [-0.39, 0.29) is 24.0 Å². The van der Waals surface area contributed by atoms with E-state index in [0.717, 1.165) is 109 Å². The summed E-state index contributed by atoms with van der Waals surface area (Å²) in [5, 5.41) is 0. The number of allylic oxidation sites excluding steroid dienone is 2. The zero-order valence-corrected chi connectivity index (χ0v) is 32.5. The molecule has 0 spiro atoms. The molecule has 7 heteroatoms. The molecule has 0 aliphatic carbocycles. The molecule has 0 atom stereocenters. The normalized spacial score (nSPS) is 12.3. The molecule has 0 saturated carbocycles. The van der Waals surface area contributed by atoms with Gasteiger partial charge in [-0.2, -0.15) is 0 Å². The van der Waals surface area contributed by atoms with Gasteiger partial charge in [0, 0.05) is 19.3 Å². The number of ether oxygens (including phenoxy) is 3. The molecule has 0 amide bonds. The molecule has 0 heterocycles. The Bertz CT molecular complexity index is 774. The summed E-state index contributed by atoms with van der Waals surface area (Å²) in [4.78, 5) is 38.8. The van der Waals surface area contributed by atoms with Gasteiger partial charge in [0.1, 0.15) is 19.3 Å². The predicted octanol–water partition coefficient (Wildman–Crippen LogP) is 11.2. The number of carbonyl (C=O) groups is 3. The summed E-state index contributed by atoms with van der Waals surface area (Å²) in [6.45, 7) is 9.20. The Morgan fingerprint density at radius 1 is 0.510 bits per heavy atom. The Morgan fingerprint density at radius 2 is 0.939 bits per heavy atom. The van der Waals surface area contributed by atoms with Crippen LogP contribution in [0.25, 0.3) is 0 Å². The monoisotopic (exact) mass is 692 g/mol. The molecule has 0 radical (unpaired) electrons. The predicted molar refractivity (Wildman–Crippen MR) is 205 cm³/mol. The minimum atomic E-state index is -0.107. The van der Waals surface area contributed by atoms with Gasteiger partial charge in [0.05, 0.1) is 0 Å². The molecule has 0 saturated heterocycles. The first-order valence-corrected chi connectivity index (χ1v) is 20.4. The van der Waals surface area contributed by atoms with Crippen LogP contribution in [0.15, 0.2) is 24.3 Å². The third-order valence-electron chi connectivity index (χ3n) is 9.04. The Morgan fingerprint density at radius 3 is 1.41 bits per heavy atom. The highest BCUT2D eigenvalue weighted by Gasteiger charge is 2.15. The van der Waals surface area contributed by atoms with Crippen LogP contribution in [0, 0.1) is 0 Å². The third-order valence-corrected chi connectivity index (χ3v) is 9.04. The van der Waals surface area contributed by atoms with Crippen LogP contribution in [0.5, 0.6) is 0 Å². The third kappa shape index (κ3) is 35.5. The van der Waals surface area contributed by atoms with Crippen LogP contribution in [0.4, 0.5) is 0 Å². The van der Waals surface area contributed by atoms with Crippen molar-refractivity contribution in [3.8, 4) is 0 Å². The molecule has 0 aromatic heterocycles. The Balaban J connectivity index is 4.17. The van der Waals surface area contributed by atoms with E-state index in [4.69, 9.17) is 14.2 Å². The highest BCUT2D eigenvalue weighted by molar-refractivity contribution is 5.70. The van der Waals surface area contributed by atoms with Gasteiger partial charge in [-0.05, 0) is 90.8 Å². The molecular formula is C42H77NO6. The molecule has 0 N–H and O–H groups in total. The molecule has 0 rings (SSSR count). The van der Waals surface area contributed by atoms with Gasteiger partial charge in [0.2, 0.25) is 0 Å². The molecule has 0 aliphatic rings. The van der Waals surface area contributed by atoms with E-state index in [0.29, 0.717) is 32.5 Å². The summed E-state index contributed by atoms with van der Waals surface area (Å²) in [5.74, 6) is -0.294. The van der Waals surface area contributed by atoms with Crippen LogP contribution in [-0.4, -0.2) is 62.3 Å². The standard InChI is InChI=1S/C42H77NO6/c1-5-8-10-12-14-22-28-37-47-40(44)33-26-20-16-18-24-31-39(49-42(46)35-30-36-43(4)7-3)32-25-19-17-21-27-34-41(45)48-38-29-23-15-13-11-9-6-2/h22-23,28-29,39H,5-21,24-27,30-38H2,1-4H3. The second kappa shape index (κ2) is 37.1. The first-order valence-electron chi connectivity index (χ1n) is 20.4. The van der Waals surface area contributed by atoms with Gasteiger partial charge in [-0.1, -0.05) is 122 Å². The zero-order valence-electron chi connectivity index (χ0n) is 32.5. The second-order valence-corrected chi connectivity index (χ2v) is 13.7. The lowest BCUT2D eigenvalue weighted by Gasteiger charge is -2.19. The van der Waals surface area contributed by atoms with Gasteiger partial charge in [-0.3, -0.25) is 14.4 Å².